The van der Waals surface area contributed by atoms with Gasteiger partial charge in [-0.3, -0.25) is 29.1 Å². The molecule has 2 aromatic heterocycles. The first-order chi connectivity index (χ1) is 36.6. The molecule has 0 amide bonds. The molecule has 1 aliphatic rings. The van der Waals surface area contributed by atoms with Crippen LogP contribution < -0.4 is 19.8 Å². The van der Waals surface area contributed by atoms with Crippen molar-refractivity contribution in [2.75, 3.05) is 42.0 Å². The lowest BCUT2D eigenvalue weighted by molar-refractivity contribution is -0.384. The third-order valence-corrected chi connectivity index (χ3v) is 12.0. The van der Waals surface area contributed by atoms with Gasteiger partial charge in [-0.1, -0.05) is 48.5 Å². The average Bonchev–Trinajstić information content (AvgIpc) is 3.42. The molecule has 1 saturated heterocycles. The topological polar surface area (TPSA) is 246 Å². The predicted molar refractivity (Wildman–Crippen MR) is 275 cm³/mol. The molecule has 7 rings (SSSR count). The van der Waals surface area contributed by atoms with E-state index >= 15 is 0 Å². The van der Waals surface area contributed by atoms with Gasteiger partial charge in [-0.15, -0.1) is 0 Å². The lowest BCUT2D eigenvalue weighted by Crippen LogP contribution is -2.62. The molecule has 0 unspecified atom stereocenters. The number of nitro groups is 1. The number of hydrogen-bond acceptors (Lipinski definition) is 19. The Morgan fingerprint density at radius 3 is 1.86 bits per heavy atom. The molecule has 402 valence electrons. The van der Waals surface area contributed by atoms with Crippen LogP contribution in [0.4, 0.5) is 11.6 Å². The second kappa shape index (κ2) is 26.5. The fourth-order valence-corrected chi connectivity index (χ4v) is 8.13. The summed E-state index contributed by atoms with van der Waals surface area (Å²) in [6.45, 7) is 3.99. The number of non-ortho nitro benzene ring substituents is 1. The van der Waals surface area contributed by atoms with Gasteiger partial charge >= 0.3 is 11.9 Å². The van der Waals surface area contributed by atoms with Crippen molar-refractivity contribution in [2.45, 2.75) is 96.5 Å². The molecular weight excluding hydrogens is 987 g/mol. The highest BCUT2D eigenvalue weighted by atomic mass is 16.7. The van der Waals surface area contributed by atoms with Gasteiger partial charge in [0.25, 0.3) is 11.2 Å². The van der Waals surface area contributed by atoms with Crippen LogP contribution in [0.2, 0.25) is 0 Å². The second-order valence-corrected chi connectivity index (χ2v) is 17.8. The Labute approximate surface area is 438 Å². The number of esters is 2. The molecule has 0 N–H and O–H groups in total. The molecular formula is C54H61N7O15. The van der Waals surface area contributed by atoms with Crippen molar-refractivity contribution >= 4 is 41.1 Å². The Balaban J connectivity index is 1.29. The van der Waals surface area contributed by atoms with Gasteiger partial charge in [0.1, 0.15) is 48.3 Å². The van der Waals surface area contributed by atoms with Crippen molar-refractivity contribution in [1.29, 1.82) is 0 Å². The summed E-state index contributed by atoms with van der Waals surface area (Å²) in [5.74, 6) is 0.711. The molecule has 0 radical (unpaired) electrons. The highest BCUT2D eigenvalue weighted by molar-refractivity contribution is 5.70. The Bertz CT molecular complexity index is 2980. The van der Waals surface area contributed by atoms with Gasteiger partial charge in [-0.25, -0.2) is 15.0 Å². The van der Waals surface area contributed by atoms with Gasteiger partial charge < -0.3 is 52.3 Å². The van der Waals surface area contributed by atoms with Gasteiger partial charge in [-0.2, -0.15) is 4.98 Å². The highest BCUT2D eigenvalue weighted by Crippen LogP contribution is 2.35. The summed E-state index contributed by atoms with van der Waals surface area (Å²) in [4.78, 5) is 71.0. The first-order valence-corrected chi connectivity index (χ1v) is 24.2. The number of hydrogen-bond donors (Lipinski definition) is 0. The van der Waals surface area contributed by atoms with Crippen LogP contribution in [-0.4, -0.2) is 126 Å². The van der Waals surface area contributed by atoms with Crippen LogP contribution in [0, 0.1) is 10.1 Å². The lowest BCUT2D eigenvalue weighted by Gasteiger charge is -2.46. The zero-order chi connectivity index (χ0) is 54.3. The van der Waals surface area contributed by atoms with E-state index in [0.717, 1.165) is 22.3 Å². The molecule has 3 heterocycles. The summed E-state index contributed by atoms with van der Waals surface area (Å²) in [6, 6.07) is 27.8. The largest absolute Gasteiger partial charge is 0.497 e. The van der Waals surface area contributed by atoms with E-state index in [0.29, 0.717) is 23.7 Å². The monoisotopic (exact) mass is 1050 g/mol. The average molecular weight is 1050 g/mol. The molecule has 0 aliphatic carbocycles. The smallest absolute Gasteiger partial charge is 0.303 e. The fourth-order valence-electron chi connectivity index (χ4n) is 8.13. The number of nitrogens with zero attached hydrogens (tertiary/aromatic N) is 7. The molecule has 4 aromatic carbocycles. The zero-order valence-corrected chi connectivity index (χ0v) is 43.4. The number of nitro benzene ring substituents is 1. The van der Waals surface area contributed by atoms with E-state index in [-0.39, 0.29) is 61.5 Å². The van der Waals surface area contributed by atoms with Crippen LogP contribution in [-0.2, 0) is 75.5 Å². The van der Waals surface area contributed by atoms with Crippen molar-refractivity contribution in [3.63, 3.8) is 0 Å². The van der Waals surface area contributed by atoms with Crippen LogP contribution in [0.3, 0.4) is 0 Å². The molecule has 76 heavy (non-hydrogen) atoms. The minimum absolute atomic E-state index is 0.00760. The van der Waals surface area contributed by atoms with E-state index in [1.54, 1.807) is 95.8 Å². The van der Waals surface area contributed by atoms with Crippen molar-refractivity contribution < 1.29 is 61.9 Å². The number of aryl methyl sites for hydroxylation is 1. The van der Waals surface area contributed by atoms with Crippen molar-refractivity contribution in [3.05, 3.63) is 152 Å². The minimum atomic E-state index is -1.34. The molecule has 22 heteroatoms. The normalized spacial score (nSPS) is 18.2. The maximum absolute atomic E-state index is 14.6. The van der Waals surface area contributed by atoms with Gasteiger partial charge in [-0.05, 0) is 72.0 Å². The number of carbonyl (C=O) groups is 2. The SMILES string of the molecule is COc1ccc(CO[C@@H]2[C@@H](OCc3ccc(OC)cc3)[C@@H](O[C@@H](C)[C@H](OCc3ccc(OC)cc3)c3cnc4nc(/N=C/N(C)C)n(CCc5ccc([N+](=O)[O-])cc5)c(=O)c4n3)O[C@H](COC(C)=O)[C@H]2OC(C)=O)cc1. The van der Waals surface area contributed by atoms with E-state index in [4.69, 9.17) is 52.4 Å². The van der Waals surface area contributed by atoms with Gasteiger partial charge in [0.2, 0.25) is 5.95 Å². The Morgan fingerprint density at radius 1 is 0.776 bits per heavy atom. The molecule has 7 atom stereocenters. The summed E-state index contributed by atoms with van der Waals surface area (Å²) in [5, 5.41) is 11.3. The van der Waals surface area contributed by atoms with E-state index in [1.165, 1.54) is 43.1 Å². The van der Waals surface area contributed by atoms with Crippen molar-refractivity contribution in [1.82, 2.24) is 24.4 Å². The number of aliphatic imine (C=N–C) groups is 1. The quantitative estimate of drug-likeness (QED) is 0.0192. The minimum Gasteiger partial charge on any atom is -0.497 e. The number of benzene rings is 4. The molecule has 1 aliphatic heterocycles. The third-order valence-electron chi connectivity index (χ3n) is 12.0. The van der Waals surface area contributed by atoms with Gasteiger partial charge in [0, 0.05) is 46.6 Å². The number of carbonyl (C=O) groups excluding carboxylic acids is 2. The number of fused-ring (bicyclic) bond motifs is 1. The Kier molecular flexibility index (Phi) is 19.5. The Morgan fingerprint density at radius 2 is 1.33 bits per heavy atom. The van der Waals surface area contributed by atoms with Gasteiger partial charge in [0.15, 0.2) is 23.6 Å². The van der Waals surface area contributed by atoms with Crippen LogP contribution in [0.1, 0.15) is 54.8 Å². The summed E-state index contributed by atoms with van der Waals surface area (Å²) in [6.07, 6.45) is -4.73. The summed E-state index contributed by atoms with van der Waals surface area (Å²) < 4.78 is 62.5. The molecule has 0 bridgehead atoms. The zero-order valence-electron chi connectivity index (χ0n) is 43.4. The number of rotatable bonds is 25. The van der Waals surface area contributed by atoms with E-state index in [2.05, 4.69) is 15.0 Å². The fraction of sp³-hybridized carbons (Fsp3) is 0.389. The van der Waals surface area contributed by atoms with Crippen molar-refractivity contribution in [3.8, 4) is 17.2 Å². The predicted octanol–water partition coefficient (Wildman–Crippen LogP) is 6.64. The standard InChI is InChI=1S/C54H61N7O15/c1-33(74-53-50(73-30-39-15-23-43(69-8)24-16-39)49(72-29-38-13-21-42(68-7)22-14-38)48(75-35(3)63)45(76-53)31-70-34(2)62)47(71-28-37-11-19-41(67-6)20-12-37)44-27-55-51-46(57-44)52(64)60(54(58-51)56-32-59(4)5)26-25-36-9-17-40(18-10-36)61(65)66/h9-24,27,32-33,45,47-50,53H,25-26,28-31H2,1-8H3/b56-32+/t33-,45+,47-,48+,49-,50+,53-/m0/s1. The van der Waals surface area contributed by atoms with Gasteiger partial charge in [0.05, 0.1) is 70.4 Å². The van der Waals surface area contributed by atoms with Crippen LogP contribution in [0.15, 0.2) is 113 Å². The van der Waals surface area contributed by atoms with Crippen LogP contribution in [0.5, 0.6) is 17.2 Å². The number of aromatic nitrogens is 4. The maximum Gasteiger partial charge on any atom is 0.303 e. The lowest BCUT2D eigenvalue weighted by atomic mass is 9.97. The maximum atomic E-state index is 14.6. The summed E-state index contributed by atoms with van der Waals surface area (Å²) in [5.41, 5.74) is 2.48. The Hall–Kier alpha value is -7.89. The second-order valence-electron chi connectivity index (χ2n) is 17.8. The van der Waals surface area contributed by atoms with Crippen molar-refractivity contribution in [2.24, 2.45) is 4.99 Å². The molecule has 6 aromatic rings. The van der Waals surface area contributed by atoms with E-state index in [9.17, 15) is 24.5 Å². The van der Waals surface area contributed by atoms with Crippen LogP contribution in [0.25, 0.3) is 11.2 Å². The molecule has 0 spiro atoms. The first kappa shape index (κ1) is 55.9. The third kappa shape index (κ3) is 14.9. The molecule has 22 nitrogen and oxygen atoms in total. The first-order valence-electron chi connectivity index (χ1n) is 24.2. The highest BCUT2D eigenvalue weighted by Gasteiger charge is 2.51. The summed E-state index contributed by atoms with van der Waals surface area (Å²) in [7, 11) is 8.24. The summed E-state index contributed by atoms with van der Waals surface area (Å²) >= 11 is 0. The molecule has 0 saturated carbocycles. The van der Waals surface area contributed by atoms with E-state index < -0.39 is 65.3 Å². The number of methoxy groups -OCH3 is 3. The number of ether oxygens (including phenoxy) is 10. The molecule has 1 fully saturated rings. The van der Waals surface area contributed by atoms with Crippen LogP contribution >= 0.6 is 0 Å². The van der Waals surface area contributed by atoms with E-state index in [1.807, 2.05) is 36.4 Å².